The normalized spacial score (nSPS) is 27.8. The van der Waals surface area contributed by atoms with Crippen molar-refractivity contribution in [3.8, 4) is 0 Å². The van der Waals surface area contributed by atoms with Crippen LogP contribution in [0.5, 0.6) is 0 Å². The van der Waals surface area contributed by atoms with Crippen molar-refractivity contribution < 1.29 is 4.79 Å². The van der Waals surface area contributed by atoms with E-state index in [0.717, 1.165) is 18.4 Å². The van der Waals surface area contributed by atoms with Crippen LogP contribution in [-0.2, 0) is 0 Å². The molecular formula is C8H16N2O. The first-order valence-electron chi connectivity index (χ1n) is 4.25. The molecule has 3 nitrogen and oxygen atoms in total. The maximum absolute atomic E-state index is 10.9. The van der Waals surface area contributed by atoms with Crippen LogP contribution in [0, 0.1) is 11.8 Å². The summed E-state index contributed by atoms with van der Waals surface area (Å²) in [4.78, 5) is 10.9. The lowest BCUT2D eigenvalue weighted by Gasteiger charge is -2.03. The van der Waals surface area contributed by atoms with E-state index in [-0.39, 0.29) is 6.03 Å². The Bertz CT molecular complexity index is 147. The van der Waals surface area contributed by atoms with Gasteiger partial charge in [0.15, 0.2) is 0 Å². The summed E-state index contributed by atoms with van der Waals surface area (Å²) in [5.41, 5.74) is 0. The molecule has 0 saturated heterocycles. The monoisotopic (exact) mass is 156 g/mol. The number of hydrogen-bond donors (Lipinski definition) is 2. The summed E-state index contributed by atoms with van der Waals surface area (Å²) in [7, 11) is 0. The summed E-state index contributed by atoms with van der Waals surface area (Å²) >= 11 is 0. The molecule has 1 saturated carbocycles. The molecule has 0 spiro atoms. The molecule has 0 aromatic rings. The van der Waals surface area contributed by atoms with Crippen molar-refractivity contribution in [2.24, 2.45) is 11.8 Å². The zero-order valence-electron chi connectivity index (χ0n) is 7.18. The predicted molar refractivity (Wildman–Crippen MR) is 44.3 cm³/mol. The van der Waals surface area contributed by atoms with Gasteiger partial charge in [0.2, 0.25) is 0 Å². The molecular weight excluding hydrogens is 140 g/mol. The zero-order valence-corrected chi connectivity index (χ0v) is 7.18. The van der Waals surface area contributed by atoms with Gasteiger partial charge in [0.1, 0.15) is 0 Å². The standard InChI is InChI=1S/C8H16N2O/c1-3-9-8(11)10-5-7-4-6(7)2/h6-7H,3-5H2,1-2H3,(H2,9,10,11). The maximum Gasteiger partial charge on any atom is 0.314 e. The van der Waals surface area contributed by atoms with Crippen molar-refractivity contribution in [3.05, 3.63) is 0 Å². The molecule has 1 aliphatic carbocycles. The quantitative estimate of drug-likeness (QED) is 0.628. The highest BCUT2D eigenvalue weighted by molar-refractivity contribution is 5.73. The SMILES string of the molecule is CCNC(=O)NCC1CC1C. The lowest BCUT2D eigenvalue weighted by atomic mass is 10.3. The second-order valence-electron chi connectivity index (χ2n) is 3.21. The van der Waals surface area contributed by atoms with Crippen LogP contribution in [0.25, 0.3) is 0 Å². The highest BCUT2D eigenvalue weighted by Crippen LogP contribution is 2.36. The fourth-order valence-electron chi connectivity index (χ4n) is 1.13. The second-order valence-corrected chi connectivity index (χ2v) is 3.21. The summed E-state index contributed by atoms with van der Waals surface area (Å²) in [6.45, 7) is 5.67. The summed E-state index contributed by atoms with van der Waals surface area (Å²) in [6.07, 6.45) is 1.27. The third kappa shape index (κ3) is 2.78. The van der Waals surface area contributed by atoms with Gasteiger partial charge < -0.3 is 10.6 Å². The Balaban J connectivity index is 1.98. The lowest BCUT2D eigenvalue weighted by Crippen LogP contribution is -2.36. The molecule has 0 aromatic heterocycles. The molecule has 2 N–H and O–H groups in total. The molecule has 2 unspecified atom stereocenters. The first-order valence-corrected chi connectivity index (χ1v) is 4.25. The van der Waals surface area contributed by atoms with Crippen LogP contribution >= 0.6 is 0 Å². The van der Waals surface area contributed by atoms with Gasteiger partial charge in [-0.3, -0.25) is 0 Å². The van der Waals surface area contributed by atoms with E-state index in [0.29, 0.717) is 6.54 Å². The number of hydrogen-bond acceptors (Lipinski definition) is 1. The first-order chi connectivity index (χ1) is 5.24. The molecule has 0 aliphatic heterocycles. The van der Waals surface area contributed by atoms with Gasteiger partial charge in [-0.1, -0.05) is 6.92 Å². The molecule has 0 heterocycles. The van der Waals surface area contributed by atoms with Gasteiger partial charge in [0, 0.05) is 13.1 Å². The summed E-state index contributed by atoms with van der Waals surface area (Å²) < 4.78 is 0. The van der Waals surface area contributed by atoms with E-state index in [1.165, 1.54) is 6.42 Å². The van der Waals surface area contributed by atoms with Crippen molar-refractivity contribution in [2.75, 3.05) is 13.1 Å². The van der Waals surface area contributed by atoms with Gasteiger partial charge >= 0.3 is 6.03 Å². The van der Waals surface area contributed by atoms with Crippen LogP contribution in [0.15, 0.2) is 0 Å². The van der Waals surface area contributed by atoms with Gasteiger partial charge in [-0.05, 0) is 25.2 Å². The third-order valence-corrected chi connectivity index (χ3v) is 2.14. The summed E-state index contributed by atoms with van der Waals surface area (Å²) in [6, 6.07) is -0.0356. The molecule has 2 atom stereocenters. The molecule has 1 aliphatic rings. The number of amides is 2. The fraction of sp³-hybridized carbons (Fsp3) is 0.875. The van der Waals surface area contributed by atoms with Gasteiger partial charge in [0.05, 0.1) is 0 Å². The van der Waals surface area contributed by atoms with Gasteiger partial charge in [-0.15, -0.1) is 0 Å². The highest BCUT2D eigenvalue weighted by atomic mass is 16.2. The van der Waals surface area contributed by atoms with E-state index in [1.807, 2.05) is 6.92 Å². The highest BCUT2D eigenvalue weighted by Gasteiger charge is 2.32. The van der Waals surface area contributed by atoms with E-state index >= 15 is 0 Å². The number of carbonyl (C=O) groups excluding carboxylic acids is 1. The fourth-order valence-corrected chi connectivity index (χ4v) is 1.13. The van der Waals surface area contributed by atoms with Crippen molar-refractivity contribution in [3.63, 3.8) is 0 Å². The molecule has 11 heavy (non-hydrogen) atoms. The minimum absolute atomic E-state index is 0.0356. The lowest BCUT2D eigenvalue weighted by molar-refractivity contribution is 0.241. The molecule has 1 fully saturated rings. The molecule has 1 rings (SSSR count). The van der Waals surface area contributed by atoms with Crippen molar-refractivity contribution in [2.45, 2.75) is 20.3 Å². The van der Waals surface area contributed by atoms with E-state index in [9.17, 15) is 4.79 Å². The average molecular weight is 156 g/mol. The van der Waals surface area contributed by atoms with Crippen molar-refractivity contribution in [1.82, 2.24) is 10.6 Å². The first kappa shape index (κ1) is 8.37. The molecule has 0 bridgehead atoms. The number of nitrogens with one attached hydrogen (secondary N) is 2. The van der Waals surface area contributed by atoms with Crippen molar-refractivity contribution in [1.29, 1.82) is 0 Å². The van der Waals surface area contributed by atoms with Crippen LogP contribution in [0.2, 0.25) is 0 Å². The minimum atomic E-state index is -0.0356. The number of urea groups is 1. The topological polar surface area (TPSA) is 41.1 Å². The predicted octanol–water partition coefficient (Wildman–Crippen LogP) is 0.962. The van der Waals surface area contributed by atoms with E-state index in [4.69, 9.17) is 0 Å². The Morgan fingerprint density at radius 3 is 2.64 bits per heavy atom. The number of carbonyl (C=O) groups is 1. The summed E-state index contributed by atoms with van der Waals surface area (Å²) in [5.74, 6) is 1.55. The molecule has 0 aromatic carbocycles. The van der Waals surface area contributed by atoms with Gasteiger partial charge in [-0.2, -0.15) is 0 Å². The van der Waals surface area contributed by atoms with E-state index in [1.54, 1.807) is 0 Å². The molecule has 3 heteroatoms. The Morgan fingerprint density at radius 2 is 2.18 bits per heavy atom. The Morgan fingerprint density at radius 1 is 1.55 bits per heavy atom. The summed E-state index contributed by atoms with van der Waals surface area (Å²) in [5, 5.41) is 5.52. The Hall–Kier alpha value is -0.730. The van der Waals surface area contributed by atoms with E-state index < -0.39 is 0 Å². The van der Waals surface area contributed by atoms with Crippen LogP contribution in [0.3, 0.4) is 0 Å². The maximum atomic E-state index is 10.9. The van der Waals surface area contributed by atoms with Crippen molar-refractivity contribution >= 4 is 6.03 Å². The zero-order chi connectivity index (χ0) is 8.27. The average Bonchev–Trinajstić information content (AvgIpc) is 2.63. The third-order valence-electron chi connectivity index (χ3n) is 2.14. The Kier molecular flexibility index (Phi) is 2.74. The van der Waals surface area contributed by atoms with E-state index in [2.05, 4.69) is 17.6 Å². The minimum Gasteiger partial charge on any atom is -0.338 e. The van der Waals surface area contributed by atoms with Crippen LogP contribution in [0.4, 0.5) is 4.79 Å². The van der Waals surface area contributed by atoms with Crippen LogP contribution < -0.4 is 10.6 Å². The molecule has 0 radical (unpaired) electrons. The second kappa shape index (κ2) is 3.60. The van der Waals surface area contributed by atoms with Gasteiger partial charge in [0.25, 0.3) is 0 Å². The molecule has 64 valence electrons. The Labute approximate surface area is 67.5 Å². The largest absolute Gasteiger partial charge is 0.338 e. The molecule has 2 amide bonds. The number of rotatable bonds is 3. The van der Waals surface area contributed by atoms with Crippen LogP contribution in [0.1, 0.15) is 20.3 Å². The van der Waals surface area contributed by atoms with Crippen LogP contribution in [-0.4, -0.2) is 19.1 Å². The van der Waals surface area contributed by atoms with Gasteiger partial charge in [-0.25, -0.2) is 4.79 Å². The smallest absolute Gasteiger partial charge is 0.314 e.